The van der Waals surface area contributed by atoms with Crippen molar-refractivity contribution in [3.63, 3.8) is 0 Å². The van der Waals surface area contributed by atoms with E-state index in [-0.39, 0.29) is 18.4 Å². The van der Waals surface area contributed by atoms with E-state index in [1.807, 2.05) is 13.0 Å². The van der Waals surface area contributed by atoms with Crippen molar-refractivity contribution in [1.29, 1.82) is 0 Å². The highest BCUT2D eigenvalue weighted by Crippen LogP contribution is 2.22. The molecule has 2 aromatic heterocycles. The van der Waals surface area contributed by atoms with Gasteiger partial charge in [-0.25, -0.2) is 0 Å². The van der Waals surface area contributed by atoms with Crippen LogP contribution < -0.4 is 20.7 Å². The topological polar surface area (TPSA) is 97.1 Å². The Kier molecular flexibility index (Phi) is 6.63. The molecule has 0 aliphatic heterocycles. The summed E-state index contributed by atoms with van der Waals surface area (Å²) in [6.45, 7) is 6.11. The van der Waals surface area contributed by atoms with Crippen molar-refractivity contribution in [3.05, 3.63) is 60.2 Å². The van der Waals surface area contributed by atoms with Gasteiger partial charge >= 0.3 is 12.2 Å². The summed E-state index contributed by atoms with van der Waals surface area (Å²) in [6, 6.07) is 10.2. The number of hydrogen-bond acceptors (Lipinski definition) is 8. The number of alkyl halides is 3. The summed E-state index contributed by atoms with van der Waals surface area (Å²) < 4.78 is 47.8. The van der Waals surface area contributed by atoms with Gasteiger partial charge in [-0.3, -0.25) is 0 Å². The molecular weight excluding hydrogens is 413 g/mol. The number of rotatable bonds is 9. The third kappa shape index (κ3) is 7.21. The summed E-state index contributed by atoms with van der Waals surface area (Å²) in [5.74, 6) is 1.38. The molecule has 31 heavy (non-hydrogen) atoms. The van der Waals surface area contributed by atoms with Crippen LogP contribution in [0.25, 0.3) is 0 Å². The number of hydrogen-bond donors (Lipinski definition) is 3. The Bertz CT molecular complexity index is 1050. The van der Waals surface area contributed by atoms with Crippen molar-refractivity contribution in [3.8, 4) is 6.01 Å². The van der Waals surface area contributed by atoms with Gasteiger partial charge in [-0.1, -0.05) is 12.6 Å². The summed E-state index contributed by atoms with van der Waals surface area (Å²) in [5.41, 5.74) is 2.12. The summed E-state index contributed by atoms with van der Waals surface area (Å²) in [7, 11) is 0. The Hall–Kier alpha value is -3.76. The SMILES string of the molecule is C=C(C)Nc1cccc(Nc2nc(NCc3ccc(C)o3)nc(OCC(F)(F)F)n2)c1. The molecular formula is C20H21F3N6O2. The molecule has 1 aromatic carbocycles. The Morgan fingerprint density at radius 1 is 1.10 bits per heavy atom. The van der Waals surface area contributed by atoms with Crippen LogP contribution in [0, 0.1) is 6.92 Å². The molecule has 164 valence electrons. The van der Waals surface area contributed by atoms with Gasteiger partial charge in [0.25, 0.3) is 0 Å². The minimum Gasteiger partial charge on any atom is -0.465 e. The van der Waals surface area contributed by atoms with E-state index in [1.54, 1.807) is 37.3 Å². The third-order valence-electron chi connectivity index (χ3n) is 3.67. The monoisotopic (exact) mass is 434 g/mol. The fourth-order valence-corrected chi connectivity index (χ4v) is 2.50. The number of furan rings is 1. The zero-order chi connectivity index (χ0) is 22.4. The molecule has 0 radical (unpaired) electrons. The number of nitrogens with one attached hydrogen (secondary N) is 3. The van der Waals surface area contributed by atoms with E-state index < -0.39 is 18.8 Å². The normalized spacial score (nSPS) is 11.1. The highest BCUT2D eigenvalue weighted by Gasteiger charge is 2.29. The fraction of sp³-hybridized carbons (Fsp3) is 0.250. The first kappa shape index (κ1) is 21.9. The number of nitrogens with zero attached hydrogens (tertiary/aromatic N) is 3. The molecule has 0 unspecified atom stereocenters. The molecule has 0 saturated heterocycles. The standard InChI is InChI=1S/C20H21F3N6O2/c1-12(2)25-14-5-4-6-15(9-14)26-18-27-17(24-10-16-8-7-13(3)31-16)28-19(29-18)30-11-20(21,22)23/h4-9,25H,1,10-11H2,2-3H3,(H2,24,26,27,28,29). The molecule has 0 spiro atoms. The molecule has 3 N–H and O–H groups in total. The second-order valence-corrected chi connectivity index (χ2v) is 6.65. The number of ether oxygens (including phenoxy) is 1. The van der Waals surface area contributed by atoms with Crippen LogP contribution in [0.3, 0.4) is 0 Å². The zero-order valence-corrected chi connectivity index (χ0v) is 16.9. The van der Waals surface area contributed by atoms with Crippen molar-refractivity contribution in [2.45, 2.75) is 26.6 Å². The van der Waals surface area contributed by atoms with Crippen molar-refractivity contribution in [1.82, 2.24) is 15.0 Å². The van der Waals surface area contributed by atoms with Gasteiger partial charge < -0.3 is 25.1 Å². The van der Waals surface area contributed by atoms with E-state index in [9.17, 15) is 13.2 Å². The Balaban J connectivity index is 1.80. The number of aromatic nitrogens is 3. The molecule has 3 aromatic rings. The summed E-state index contributed by atoms with van der Waals surface area (Å²) >= 11 is 0. The molecule has 2 heterocycles. The van der Waals surface area contributed by atoms with Crippen LogP contribution in [0.4, 0.5) is 36.4 Å². The lowest BCUT2D eigenvalue weighted by molar-refractivity contribution is -0.154. The summed E-state index contributed by atoms with van der Waals surface area (Å²) in [4.78, 5) is 12.0. The molecule has 11 heteroatoms. The van der Waals surface area contributed by atoms with Crippen LogP contribution in [0.1, 0.15) is 18.4 Å². The zero-order valence-electron chi connectivity index (χ0n) is 16.9. The number of benzene rings is 1. The maximum atomic E-state index is 12.6. The second-order valence-electron chi connectivity index (χ2n) is 6.65. The lowest BCUT2D eigenvalue weighted by Crippen LogP contribution is -2.20. The quantitative estimate of drug-likeness (QED) is 0.432. The van der Waals surface area contributed by atoms with Crippen LogP contribution in [-0.4, -0.2) is 27.7 Å². The van der Waals surface area contributed by atoms with E-state index >= 15 is 0 Å². The molecule has 0 aliphatic rings. The molecule has 0 aliphatic carbocycles. The van der Waals surface area contributed by atoms with E-state index in [0.29, 0.717) is 11.4 Å². The summed E-state index contributed by atoms with van der Waals surface area (Å²) in [5, 5.41) is 8.91. The highest BCUT2D eigenvalue weighted by molar-refractivity contribution is 5.62. The van der Waals surface area contributed by atoms with Gasteiger partial charge in [-0.15, -0.1) is 0 Å². The Morgan fingerprint density at radius 2 is 1.84 bits per heavy atom. The van der Waals surface area contributed by atoms with Crippen LogP contribution >= 0.6 is 0 Å². The third-order valence-corrected chi connectivity index (χ3v) is 3.67. The van der Waals surface area contributed by atoms with Crippen molar-refractivity contribution < 1.29 is 22.3 Å². The first-order valence-corrected chi connectivity index (χ1v) is 9.21. The molecule has 0 saturated carbocycles. The minimum absolute atomic E-state index is 0.0118. The lowest BCUT2D eigenvalue weighted by atomic mass is 10.2. The van der Waals surface area contributed by atoms with Gasteiger partial charge in [0.1, 0.15) is 11.5 Å². The molecule has 0 bridgehead atoms. The maximum absolute atomic E-state index is 12.6. The molecule has 0 fully saturated rings. The Morgan fingerprint density at radius 3 is 2.52 bits per heavy atom. The molecule has 0 atom stereocenters. The average Bonchev–Trinajstić information content (AvgIpc) is 3.09. The van der Waals surface area contributed by atoms with Crippen LogP contribution in [-0.2, 0) is 6.54 Å². The van der Waals surface area contributed by atoms with Crippen LogP contribution in [0.5, 0.6) is 6.01 Å². The lowest BCUT2D eigenvalue weighted by Gasteiger charge is -2.12. The molecule has 3 rings (SSSR count). The molecule has 0 amide bonds. The smallest absolute Gasteiger partial charge is 0.422 e. The fourth-order valence-electron chi connectivity index (χ4n) is 2.50. The predicted octanol–water partition coefficient (Wildman–Crippen LogP) is 5.02. The van der Waals surface area contributed by atoms with Gasteiger partial charge in [0.05, 0.1) is 6.54 Å². The maximum Gasteiger partial charge on any atom is 0.422 e. The second kappa shape index (κ2) is 9.37. The van der Waals surface area contributed by atoms with E-state index in [4.69, 9.17) is 9.15 Å². The number of halogens is 3. The number of allylic oxidation sites excluding steroid dienone is 1. The number of anilines is 4. The van der Waals surface area contributed by atoms with E-state index in [1.165, 1.54) is 0 Å². The van der Waals surface area contributed by atoms with Crippen molar-refractivity contribution in [2.24, 2.45) is 0 Å². The van der Waals surface area contributed by atoms with Gasteiger partial charge in [-0.2, -0.15) is 28.1 Å². The largest absolute Gasteiger partial charge is 0.465 e. The highest BCUT2D eigenvalue weighted by atomic mass is 19.4. The van der Waals surface area contributed by atoms with Gasteiger partial charge in [0.15, 0.2) is 6.61 Å². The summed E-state index contributed by atoms with van der Waals surface area (Å²) in [6.07, 6.45) is -4.53. The van der Waals surface area contributed by atoms with Crippen molar-refractivity contribution in [2.75, 3.05) is 22.6 Å². The van der Waals surface area contributed by atoms with Crippen LogP contribution in [0.2, 0.25) is 0 Å². The first-order chi connectivity index (χ1) is 14.7. The minimum atomic E-state index is -4.53. The Labute approximate surface area is 176 Å². The average molecular weight is 434 g/mol. The van der Waals surface area contributed by atoms with Crippen molar-refractivity contribution >= 4 is 23.3 Å². The van der Waals surface area contributed by atoms with Crippen LogP contribution in [0.15, 0.2) is 53.1 Å². The van der Waals surface area contributed by atoms with E-state index in [2.05, 4.69) is 37.5 Å². The van der Waals surface area contributed by atoms with Gasteiger partial charge in [0.2, 0.25) is 11.9 Å². The first-order valence-electron chi connectivity index (χ1n) is 9.21. The van der Waals surface area contributed by atoms with Gasteiger partial charge in [-0.05, 0) is 44.2 Å². The molecule has 8 nitrogen and oxygen atoms in total. The number of aryl methyl sites for hydroxylation is 1. The van der Waals surface area contributed by atoms with E-state index in [0.717, 1.165) is 17.1 Å². The van der Waals surface area contributed by atoms with Gasteiger partial charge in [0, 0.05) is 17.1 Å². The predicted molar refractivity (Wildman–Crippen MR) is 110 cm³/mol.